The maximum Gasteiger partial charge on any atom is 0.335 e. The first kappa shape index (κ1) is 18.0. The summed E-state index contributed by atoms with van der Waals surface area (Å²) >= 11 is 0. The topological polar surface area (TPSA) is 74.6 Å². The van der Waals surface area contributed by atoms with Crippen LogP contribution in [0.1, 0.15) is 20.7 Å². The van der Waals surface area contributed by atoms with Gasteiger partial charge in [0.2, 0.25) is 0 Å². The molecule has 2 N–H and O–H groups in total. The molecule has 6 heteroatoms. The smallest absolute Gasteiger partial charge is 0.335 e. The van der Waals surface area contributed by atoms with Gasteiger partial charge in [0.15, 0.2) is 0 Å². The van der Waals surface area contributed by atoms with Gasteiger partial charge in [-0.3, -0.25) is 0 Å². The Hall–Kier alpha value is -2.04. The largest absolute Gasteiger partial charge is 0.478 e. The van der Waals surface area contributed by atoms with E-state index in [0.717, 1.165) is 11.1 Å². The lowest BCUT2D eigenvalue weighted by Gasteiger charge is -2.03. The molecule has 106 valence electrons. The summed E-state index contributed by atoms with van der Waals surface area (Å²) in [5.41, 5.74) is 1.93. The van der Waals surface area contributed by atoms with Crippen LogP contribution in [0.15, 0.2) is 48.5 Å². The number of rotatable bonds is 3. The summed E-state index contributed by atoms with van der Waals surface area (Å²) in [6.07, 6.45) is 0. The molecule has 0 saturated heterocycles. The van der Waals surface area contributed by atoms with E-state index in [1.807, 2.05) is 0 Å². The fourth-order valence-electron chi connectivity index (χ4n) is 1.64. The molecule has 0 unspecified atom stereocenters. The molecule has 0 spiro atoms. The van der Waals surface area contributed by atoms with E-state index in [-0.39, 0.29) is 35.9 Å². The Morgan fingerprint density at radius 3 is 1.75 bits per heavy atom. The number of aromatic carboxylic acids is 2. The molecule has 0 bridgehead atoms. The fourth-order valence-corrected chi connectivity index (χ4v) is 1.64. The summed E-state index contributed by atoms with van der Waals surface area (Å²) in [4.78, 5) is 21.6. The van der Waals surface area contributed by atoms with Gasteiger partial charge in [-0.05, 0) is 35.4 Å². The molecule has 0 heterocycles. The molecule has 20 heavy (non-hydrogen) atoms. The van der Waals surface area contributed by atoms with Gasteiger partial charge in [-0.1, -0.05) is 24.3 Å². The van der Waals surface area contributed by atoms with Gasteiger partial charge < -0.3 is 10.2 Å². The number of carbonyl (C=O) groups is 2. The zero-order valence-corrected chi connectivity index (χ0v) is 11.8. The summed E-state index contributed by atoms with van der Waals surface area (Å²) < 4.78 is 0. The van der Waals surface area contributed by atoms with Gasteiger partial charge in [0, 0.05) is 0 Å². The number of hydrogen-bond donors (Lipinski definition) is 2. The second-order valence-electron chi connectivity index (χ2n) is 3.77. The number of carboxylic acids is 2. The number of hydrogen-bond acceptors (Lipinski definition) is 2. The van der Waals surface area contributed by atoms with Crippen molar-refractivity contribution >= 4 is 36.8 Å². The van der Waals surface area contributed by atoms with Crippen molar-refractivity contribution < 1.29 is 19.8 Å². The van der Waals surface area contributed by atoms with Crippen LogP contribution < -0.4 is 0 Å². The predicted molar refractivity (Wildman–Crippen MR) is 80.3 cm³/mol. The van der Waals surface area contributed by atoms with Crippen molar-refractivity contribution in [2.24, 2.45) is 0 Å². The second kappa shape index (κ2) is 7.53. The average Bonchev–Trinajstić information content (AvgIpc) is 2.39. The SMILES string of the molecule is Cl.Cl.O=C(O)c1ccc(-c2cccc(C(=O)O)c2)cc1. The van der Waals surface area contributed by atoms with Crippen LogP contribution in [-0.4, -0.2) is 22.2 Å². The molecule has 0 radical (unpaired) electrons. The van der Waals surface area contributed by atoms with E-state index < -0.39 is 11.9 Å². The lowest BCUT2D eigenvalue weighted by atomic mass is 10.0. The van der Waals surface area contributed by atoms with Crippen LogP contribution in [0.25, 0.3) is 11.1 Å². The van der Waals surface area contributed by atoms with Crippen LogP contribution in [-0.2, 0) is 0 Å². The van der Waals surface area contributed by atoms with E-state index in [0.29, 0.717) is 0 Å². The van der Waals surface area contributed by atoms with Gasteiger partial charge >= 0.3 is 11.9 Å². The van der Waals surface area contributed by atoms with Crippen molar-refractivity contribution in [3.63, 3.8) is 0 Å². The minimum Gasteiger partial charge on any atom is -0.478 e. The number of halogens is 2. The predicted octanol–water partition coefficient (Wildman–Crippen LogP) is 3.59. The minimum absolute atomic E-state index is 0. The Kier molecular flexibility index (Phi) is 6.76. The van der Waals surface area contributed by atoms with E-state index in [9.17, 15) is 9.59 Å². The molecular weight excluding hydrogens is 303 g/mol. The van der Waals surface area contributed by atoms with E-state index in [4.69, 9.17) is 10.2 Å². The first-order valence-electron chi connectivity index (χ1n) is 5.25. The molecule has 0 aliphatic carbocycles. The van der Waals surface area contributed by atoms with Crippen molar-refractivity contribution in [1.29, 1.82) is 0 Å². The van der Waals surface area contributed by atoms with E-state index >= 15 is 0 Å². The lowest BCUT2D eigenvalue weighted by Crippen LogP contribution is -1.96. The monoisotopic (exact) mass is 314 g/mol. The van der Waals surface area contributed by atoms with Gasteiger partial charge in [-0.2, -0.15) is 0 Å². The number of benzene rings is 2. The standard InChI is InChI=1S/C14H10O4.2ClH/c15-13(16)10-6-4-9(5-7-10)11-2-1-3-12(8-11)14(17)18;;/h1-8H,(H,15,16)(H,17,18);2*1H. The van der Waals surface area contributed by atoms with Crippen molar-refractivity contribution in [3.8, 4) is 11.1 Å². The summed E-state index contributed by atoms with van der Waals surface area (Å²) in [5.74, 6) is -1.97. The van der Waals surface area contributed by atoms with Crippen LogP contribution in [0.4, 0.5) is 0 Å². The zero-order valence-electron chi connectivity index (χ0n) is 10.1. The van der Waals surface area contributed by atoms with E-state index in [2.05, 4.69) is 0 Å². The van der Waals surface area contributed by atoms with Crippen LogP contribution in [0.2, 0.25) is 0 Å². The van der Waals surface area contributed by atoms with Crippen LogP contribution >= 0.6 is 24.8 Å². The average molecular weight is 315 g/mol. The minimum atomic E-state index is -0.987. The van der Waals surface area contributed by atoms with Gasteiger partial charge in [0.25, 0.3) is 0 Å². The molecule has 0 fully saturated rings. The molecule has 0 aromatic heterocycles. The molecule has 0 atom stereocenters. The molecule has 2 aromatic rings. The zero-order chi connectivity index (χ0) is 13.1. The van der Waals surface area contributed by atoms with Crippen molar-refractivity contribution in [2.45, 2.75) is 0 Å². The lowest BCUT2D eigenvalue weighted by molar-refractivity contribution is 0.0686. The summed E-state index contributed by atoms with van der Waals surface area (Å²) in [6, 6.07) is 12.8. The molecule has 2 aromatic carbocycles. The van der Waals surface area contributed by atoms with Crippen LogP contribution in [0.5, 0.6) is 0 Å². The second-order valence-corrected chi connectivity index (χ2v) is 3.77. The quantitative estimate of drug-likeness (QED) is 0.907. The third kappa shape index (κ3) is 3.98. The fraction of sp³-hybridized carbons (Fsp3) is 0. The molecule has 4 nitrogen and oxygen atoms in total. The summed E-state index contributed by atoms with van der Waals surface area (Å²) in [6.45, 7) is 0. The van der Waals surface area contributed by atoms with Gasteiger partial charge in [-0.25, -0.2) is 9.59 Å². The highest BCUT2D eigenvalue weighted by molar-refractivity contribution is 5.90. The summed E-state index contributed by atoms with van der Waals surface area (Å²) in [7, 11) is 0. The Morgan fingerprint density at radius 2 is 1.25 bits per heavy atom. The molecule has 0 aliphatic rings. The molecule has 0 amide bonds. The van der Waals surface area contributed by atoms with E-state index in [1.165, 1.54) is 18.2 Å². The number of carboxylic acid groups (broad SMARTS) is 2. The Bertz CT molecular complexity index is 609. The third-order valence-electron chi connectivity index (χ3n) is 2.57. The maximum absolute atomic E-state index is 10.9. The van der Waals surface area contributed by atoms with Crippen molar-refractivity contribution in [2.75, 3.05) is 0 Å². The molecule has 2 rings (SSSR count). The molecular formula is C14H12Cl2O4. The highest BCUT2D eigenvalue weighted by Gasteiger charge is 2.06. The highest BCUT2D eigenvalue weighted by Crippen LogP contribution is 2.21. The normalized spacial score (nSPS) is 9.00. The van der Waals surface area contributed by atoms with Gasteiger partial charge in [-0.15, -0.1) is 24.8 Å². The maximum atomic E-state index is 10.9. The van der Waals surface area contributed by atoms with Crippen LogP contribution in [0, 0.1) is 0 Å². The summed E-state index contributed by atoms with van der Waals surface area (Å²) in [5, 5.41) is 17.7. The molecule has 0 aliphatic heterocycles. The Balaban J connectivity index is 0.00000180. The Morgan fingerprint density at radius 1 is 0.700 bits per heavy atom. The first-order chi connectivity index (χ1) is 8.58. The van der Waals surface area contributed by atoms with E-state index in [1.54, 1.807) is 30.3 Å². The highest BCUT2D eigenvalue weighted by atomic mass is 35.5. The van der Waals surface area contributed by atoms with Crippen molar-refractivity contribution in [1.82, 2.24) is 0 Å². The third-order valence-corrected chi connectivity index (χ3v) is 2.57. The van der Waals surface area contributed by atoms with Crippen molar-refractivity contribution in [3.05, 3.63) is 59.7 Å². The van der Waals surface area contributed by atoms with Crippen LogP contribution in [0.3, 0.4) is 0 Å². The first-order valence-corrected chi connectivity index (χ1v) is 5.25. The van der Waals surface area contributed by atoms with Gasteiger partial charge in [0.1, 0.15) is 0 Å². The Labute approximate surface area is 127 Å². The van der Waals surface area contributed by atoms with Gasteiger partial charge in [0.05, 0.1) is 11.1 Å². The molecule has 0 saturated carbocycles.